The Bertz CT molecular complexity index is 1060. The van der Waals surface area contributed by atoms with Gasteiger partial charge in [-0.3, -0.25) is 4.79 Å². The maximum absolute atomic E-state index is 13.3. The number of alkyl halides is 3. The van der Waals surface area contributed by atoms with Gasteiger partial charge in [-0.25, -0.2) is 9.78 Å². The van der Waals surface area contributed by atoms with Crippen molar-refractivity contribution in [2.45, 2.75) is 51.9 Å². The number of halogens is 3. The molecular formula is C22H27F3N4O3. The van der Waals surface area contributed by atoms with Crippen LogP contribution in [0, 0.1) is 17.8 Å². The molecule has 2 fully saturated rings. The van der Waals surface area contributed by atoms with Crippen molar-refractivity contribution in [2.24, 2.45) is 17.8 Å². The molecule has 2 atom stereocenters. The van der Waals surface area contributed by atoms with E-state index in [4.69, 9.17) is 4.74 Å². The number of carbonyl (C=O) groups is 2. The van der Waals surface area contributed by atoms with Crippen LogP contribution in [0.4, 0.5) is 18.0 Å². The Labute approximate surface area is 183 Å². The van der Waals surface area contributed by atoms with E-state index in [0.29, 0.717) is 18.9 Å². The first-order valence-corrected chi connectivity index (χ1v) is 10.5. The zero-order chi connectivity index (χ0) is 23.6. The number of rotatable bonds is 3. The first-order chi connectivity index (χ1) is 14.7. The average molecular weight is 452 g/mol. The summed E-state index contributed by atoms with van der Waals surface area (Å²) in [6.45, 7) is 9.75. The molecule has 2 aromatic heterocycles. The van der Waals surface area contributed by atoms with Gasteiger partial charge < -0.3 is 19.4 Å². The number of pyridine rings is 1. The highest BCUT2D eigenvalue weighted by Crippen LogP contribution is 2.52. The molecule has 1 aliphatic carbocycles. The fourth-order valence-electron chi connectivity index (χ4n) is 4.56. The Balaban J connectivity index is 1.44. The number of nitrogens with one attached hydrogen (secondary N) is 1. The Morgan fingerprint density at radius 3 is 2.31 bits per heavy atom. The highest BCUT2D eigenvalue weighted by Gasteiger charge is 2.61. The van der Waals surface area contributed by atoms with Crippen molar-refractivity contribution in [2.75, 3.05) is 13.1 Å². The van der Waals surface area contributed by atoms with Gasteiger partial charge in [-0.1, -0.05) is 0 Å². The first-order valence-electron chi connectivity index (χ1n) is 10.5. The normalized spacial score (nSPS) is 23.2. The third kappa shape index (κ3) is 4.02. The third-order valence-electron chi connectivity index (χ3n) is 6.02. The second-order valence-corrected chi connectivity index (χ2v) is 10.1. The molecule has 1 aliphatic heterocycles. The van der Waals surface area contributed by atoms with E-state index in [2.05, 4.69) is 10.3 Å². The van der Waals surface area contributed by atoms with Crippen LogP contribution in [0.2, 0.25) is 0 Å². The maximum Gasteiger partial charge on any atom is 0.418 e. The van der Waals surface area contributed by atoms with Crippen LogP contribution < -0.4 is 5.32 Å². The minimum absolute atomic E-state index is 0.0615. The molecule has 2 amide bonds. The van der Waals surface area contributed by atoms with Crippen molar-refractivity contribution in [3.63, 3.8) is 0 Å². The van der Waals surface area contributed by atoms with Crippen molar-refractivity contribution in [1.29, 1.82) is 0 Å². The van der Waals surface area contributed by atoms with E-state index in [1.165, 1.54) is 22.9 Å². The number of nitrogens with zero attached hydrogens (tertiary/aromatic N) is 3. The fourth-order valence-corrected chi connectivity index (χ4v) is 4.56. The molecule has 0 spiro atoms. The number of piperidine rings is 1. The zero-order valence-electron chi connectivity index (χ0n) is 18.7. The molecule has 4 rings (SSSR count). The SMILES string of the molecule is CC(C)(C)OC(=O)N1CC2C(C1)C2C(=O)NC(C)(C)c1ncc2c(C(F)(F)F)cccn12. The monoisotopic (exact) mass is 452 g/mol. The molecule has 2 aromatic rings. The van der Waals surface area contributed by atoms with Gasteiger partial charge in [0.15, 0.2) is 0 Å². The summed E-state index contributed by atoms with van der Waals surface area (Å²) >= 11 is 0. The summed E-state index contributed by atoms with van der Waals surface area (Å²) in [5, 5.41) is 2.94. The predicted octanol–water partition coefficient (Wildman–Crippen LogP) is 3.82. The Hall–Kier alpha value is -2.78. The molecule has 1 saturated carbocycles. The summed E-state index contributed by atoms with van der Waals surface area (Å²) in [5.74, 6) is 0.0231. The van der Waals surface area contributed by atoms with E-state index in [-0.39, 0.29) is 35.3 Å². The topological polar surface area (TPSA) is 75.9 Å². The average Bonchev–Trinajstić information content (AvgIpc) is 3.00. The molecular weight excluding hydrogens is 425 g/mol. The molecule has 3 heterocycles. The van der Waals surface area contributed by atoms with Crippen LogP contribution in [0.15, 0.2) is 24.5 Å². The van der Waals surface area contributed by atoms with Crippen molar-refractivity contribution in [1.82, 2.24) is 19.6 Å². The number of aromatic nitrogens is 2. The summed E-state index contributed by atoms with van der Waals surface area (Å²) in [5.41, 5.74) is -2.41. The van der Waals surface area contributed by atoms with Crippen LogP contribution in [-0.4, -0.2) is 45.0 Å². The molecule has 0 radical (unpaired) electrons. The molecule has 10 heteroatoms. The van der Waals surface area contributed by atoms with Gasteiger partial charge >= 0.3 is 12.3 Å². The number of ether oxygens (including phenoxy) is 1. The molecule has 2 unspecified atom stereocenters. The molecule has 7 nitrogen and oxygen atoms in total. The maximum atomic E-state index is 13.3. The fraction of sp³-hybridized carbons (Fsp3) is 0.591. The summed E-state index contributed by atoms with van der Waals surface area (Å²) in [6.07, 6.45) is -2.20. The second-order valence-electron chi connectivity index (χ2n) is 10.1. The first kappa shape index (κ1) is 22.4. The van der Waals surface area contributed by atoms with Gasteiger partial charge in [-0.2, -0.15) is 13.2 Å². The van der Waals surface area contributed by atoms with Gasteiger partial charge in [0.25, 0.3) is 0 Å². The third-order valence-corrected chi connectivity index (χ3v) is 6.02. The second kappa shape index (κ2) is 7.11. The van der Waals surface area contributed by atoms with Crippen LogP contribution in [0.5, 0.6) is 0 Å². The Kier molecular flexibility index (Phi) is 4.98. The summed E-state index contributed by atoms with van der Waals surface area (Å²) in [4.78, 5) is 31.0. The minimum Gasteiger partial charge on any atom is -0.444 e. The molecule has 2 aliphatic rings. The number of fused-ring (bicyclic) bond motifs is 2. The summed E-state index contributed by atoms with van der Waals surface area (Å²) < 4.78 is 46.7. The van der Waals surface area contributed by atoms with E-state index in [9.17, 15) is 22.8 Å². The van der Waals surface area contributed by atoms with Crippen LogP contribution in [0.1, 0.15) is 46.0 Å². The molecule has 32 heavy (non-hydrogen) atoms. The zero-order valence-corrected chi connectivity index (χ0v) is 18.7. The van der Waals surface area contributed by atoms with Crippen LogP contribution in [0.3, 0.4) is 0 Å². The lowest BCUT2D eigenvalue weighted by molar-refractivity contribution is -0.136. The van der Waals surface area contributed by atoms with Gasteiger partial charge in [0.1, 0.15) is 11.4 Å². The summed E-state index contributed by atoms with van der Waals surface area (Å²) in [6, 6.07) is 2.32. The number of carbonyl (C=O) groups excluding carboxylic acids is 2. The molecule has 0 bridgehead atoms. The number of amides is 2. The number of hydrogen-bond donors (Lipinski definition) is 1. The highest BCUT2D eigenvalue weighted by molar-refractivity contribution is 5.84. The molecule has 0 aromatic carbocycles. The van der Waals surface area contributed by atoms with E-state index in [1.54, 1.807) is 39.5 Å². The smallest absolute Gasteiger partial charge is 0.418 e. The standard InChI is InChI=1S/C22H27F3N4O3/c1-20(2,3)32-19(31)28-10-12-13(11-28)16(12)17(30)27-21(4,5)18-26-9-15-14(22(23,24)25)7-6-8-29(15)18/h6-9,12-13,16H,10-11H2,1-5H3,(H,27,30). The van der Waals surface area contributed by atoms with Crippen molar-refractivity contribution < 1.29 is 27.5 Å². The van der Waals surface area contributed by atoms with E-state index in [1.807, 2.05) is 0 Å². The lowest BCUT2D eigenvalue weighted by Crippen LogP contribution is -2.45. The van der Waals surface area contributed by atoms with Gasteiger partial charge in [-0.05, 0) is 58.6 Å². The van der Waals surface area contributed by atoms with Gasteiger partial charge in [0, 0.05) is 25.2 Å². The van der Waals surface area contributed by atoms with Crippen molar-refractivity contribution in [3.05, 3.63) is 35.9 Å². The van der Waals surface area contributed by atoms with Crippen molar-refractivity contribution in [3.8, 4) is 0 Å². The molecule has 1 N–H and O–H groups in total. The quantitative estimate of drug-likeness (QED) is 0.768. The van der Waals surface area contributed by atoms with Gasteiger partial charge in [0.2, 0.25) is 5.91 Å². The van der Waals surface area contributed by atoms with E-state index < -0.39 is 22.9 Å². The van der Waals surface area contributed by atoms with Gasteiger partial charge in [0.05, 0.1) is 22.8 Å². The van der Waals surface area contributed by atoms with E-state index in [0.717, 1.165) is 6.07 Å². The largest absolute Gasteiger partial charge is 0.444 e. The lowest BCUT2D eigenvalue weighted by atomic mass is 10.0. The molecule has 1 saturated heterocycles. The van der Waals surface area contributed by atoms with Gasteiger partial charge in [-0.15, -0.1) is 0 Å². The lowest BCUT2D eigenvalue weighted by Gasteiger charge is -2.27. The number of likely N-dealkylation sites (tertiary alicyclic amines) is 1. The molecule has 174 valence electrons. The van der Waals surface area contributed by atoms with E-state index >= 15 is 0 Å². The minimum atomic E-state index is -4.50. The number of hydrogen-bond acceptors (Lipinski definition) is 4. The Morgan fingerprint density at radius 2 is 1.75 bits per heavy atom. The van der Waals surface area contributed by atoms with Crippen molar-refractivity contribution >= 4 is 17.5 Å². The summed E-state index contributed by atoms with van der Waals surface area (Å²) in [7, 11) is 0. The Morgan fingerprint density at radius 1 is 1.12 bits per heavy atom. The van der Waals surface area contributed by atoms with Crippen LogP contribution in [-0.2, 0) is 21.2 Å². The van der Waals surface area contributed by atoms with Crippen LogP contribution in [0.25, 0.3) is 5.52 Å². The predicted molar refractivity (Wildman–Crippen MR) is 110 cm³/mol. The number of imidazole rings is 1. The van der Waals surface area contributed by atoms with Crippen LogP contribution >= 0.6 is 0 Å². The highest BCUT2D eigenvalue weighted by atomic mass is 19.4.